The first-order chi connectivity index (χ1) is 12.7. The number of thiazole rings is 1. The molecule has 0 bridgehead atoms. The lowest BCUT2D eigenvalue weighted by Crippen LogP contribution is -2.20. The minimum atomic E-state index is -3.33. The first kappa shape index (κ1) is 18.7. The van der Waals surface area contributed by atoms with Crippen LogP contribution in [0.15, 0.2) is 47.4 Å². The van der Waals surface area contributed by atoms with Crippen molar-refractivity contribution in [1.29, 1.82) is 0 Å². The van der Waals surface area contributed by atoms with Crippen molar-refractivity contribution in [2.45, 2.75) is 4.90 Å². The number of amides is 1. The number of non-ortho nitro benzene ring substituents is 1. The number of sulfone groups is 1. The average Bonchev–Trinajstić information content (AvgIpc) is 3.00. The summed E-state index contributed by atoms with van der Waals surface area (Å²) in [5.41, 5.74) is 0.420. The van der Waals surface area contributed by atoms with Gasteiger partial charge in [0, 0.05) is 12.3 Å². The number of benzene rings is 2. The lowest BCUT2D eigenvalue weighted by molar-refractivity contribution is -0.384. The zero-order valence-corrected chi connectivity index (χ0v) is 15.5. The van der Waals surface area contributed by atoms with Gasteiger partial charge in [-0.05, 0) is 24.3 Å². The molecule has 0 aliphatic heterocycles. The van der Waals surface area contributed by atoms with Crippen LogP contribution >= 0.6 is 11.3 Å². The van der Waals surface area contributed by atoms with Crippen LogP contribution in [0.2, 0.25) is 0 Å². The van der Waals surface area contributed by atoms with Crippen molar-refractivity contribution in [2.24, 2.45) is 0 Å². The Labute approximate surface area is 157 Å². The van der Waals surface area contributed by atoms with E-state index in [-0.39, 0.29) is 22.9 Å². The zero-order valence-electron chi connectivity index (χ0n) is 13.9. The topological polar surface area (TPSA) is 128 Å². The molecule has 3 rings (SSSR count). The van der Waals surface area contributed by atoms with Gasteiger partial charge in [-0.25, -0.2) is 13.4 Å². The normalized spacial score (nSPS) is 11.3. The Balaban J connectivity index is 1.67. The third kappa shape index (κ3) is 4.57. The molecule has 0 aliphatic rings. The van der Waals surface area contributed by atoms with Crippen molar-refractivity contribution in [3.05, 3.63) is 52.6 Å². The number of hydrogen-bond acceptors (Lipinski definition) is 8. The smallest absolute Gasteiger partial charge is 0.273 e. The van der Waals surface area contributed by atoms with Gasteiger partial charge in [0.15, 0.2) is 21.6 Å². The van der Waals surface area contributed by atoms with Crippen LogP contribution in [0.1, 0.15) is 0 Å². The summed E-state index contributed by atoms with van der Waals surface area (Å²) >= 11 is 1.13. The summed E-state index contributed by atoms with van der Waals surface area (Å²) in [6.07, 6.45) is 1.11. The maximum atomic E-state index is 12.0. The molecule has 1 heterocycles. The van der Waals surface area contributed by atoms with Crippen LogP contribution < -0.4 is 10.1 Å². The van der Waals surface area contributed by atoms with Crippen LogP contribution in [0.3, 0.4) is 0 Å². The predicted octanol–water partition coefficient (Wildman–Crippen LogP) is 2.63. The number of nitro benzene ring substituents is 1. The van der Waals surface area contributed by atoms with Gasteiger partial charge < -0.3 is 4.74 Å². The predicted molar refractivity (Wildman–Crippen MR) is 100.0 cm³/mol. The van der Waals surface area contributed by atoms with Crippen LogP contribution in [0.25, 0.3) is 10.2 Å². The van der Waals surface area contributed by atoms with Gasteiger partial charge in [0.25, 0.3) is 11.6 Å². The molecule has 0 unspecified atom stereocenters. The fraction of sp³-hybridized carbons (Fsp3) is 0.125. The highest BCUT2D eigenvalue weighted by Crippen LogP contribution is 2.28. The third-order valence-corrected chi connectivity index (χ3v) is 5.48. The van der Waals surface area contributed by atoms with Gasteiger partial charge in [-0.15, -0.1) is 0 Å². The Kier molecular flexibility index (Phi) is 5.06. The maximum Gasteiger partial charge on any atom is 0.273 e. The molecule has 0 spiro atoms. The molecule has 0 aliphatic carbocycles. The second-order valence-electron chi connectivity index (χ2n) is 5.51. The van der Waals surface area contributed by atoms with E-state index in [1.165, 1.54) is 36.4 Å². The lowest BCUT2D eigenvalue weighted by atomic mass is 10.3. The van der Waals surface area contributed by atoms with E-state index in [1.807, 2.05) is 0 Å². The number of rotatable bonds is 6. The van der Waals surface area contributed by atoms with Gasteiger partial charge in [-0.2, -0.15) is 0 Å². The monoisotopic (exact) mass is 407 g/mol. The Morgan fingerprint density at radius 3 is 2.78 bits per heavy atom. The SMILES string of the molecule is CS(=O)(=O)c1ccc2nc(NC(=O)COc3cccc([N+](=O)[O-])c3)sc2c1. The van der Waals surface area contributed by atoms with Crippen molar-refractivity contribution in [2.75, 3.05) is 18.2 Å². The van der Waals surface area contributed by atoms with E-state index in [0.29, 0.717) is 15.3 Å². The molecule has 140 valence electrons. The fourth-order valence-electron chi connectivity index (χ4n) is 2.18. The van der Waals surface area contributed by atoms with Crippen molar-refractivity contribution in [1.82, 2.24) is 4.98 Å². The summed E-state index contributed by atoms with van der Waals surface area (Å²) < 4.78 is 29.1. The Hall–Kier alpha value is -3.05. The molecule has 9 nitrogen and oxygen atoms in total. The van der Waals surface area contributed by atoms with Gasteiger partial charge in [-0.1, -0.05) is 17.4 Å². The van der Waals surface area contributed by atoms with Gasteiger partial charge >= 0.3 is 0 Å². The van der Waals surface area contributed by atoms with Gasteiger partial charge in [0.05, 0.1) is 26.1 Å². The van der Waals surface area contributed by atoms with Crippen LogP contribution in [-0.4, -0.2) is 37.1 Å². The van der Waals surface area contributed by atoms with E-state index in [9.17, 15) is 23.3 Å². The number of fused-ring (bicyclic) bond motifs is 1. The summed E-state index contributed by atoms with van der Waals surface area (Å²) in [5.74, 6) is -0.301. The molecule has 3 aromatic rings. The van der Waals surface area contributed by atoms with E-state index in [2.05, 4.69) is 10.3 Å². The molecule has 1 N–H and O–H groups in total. The van der Waals surface area contributed by atoms with Crippen LogP contribution in [0, 0.1) is 10.1 Å². The van der Waals surface area contributed by atoms with Crippen molar-refractivity contribution in [3.8, 4) is 5.75 Å². The van der Waals surface area contributed by atoms with E-state index >= 15 is 0 Å². The van der Waals surface area contributed by atoms with E-state index in [4.69, 9.17) is 4.74 Å². The quantitative estimate of drug-likeness (QED) is 0.491. The number of aromatic nitrogens is 1. The number of nitrogens with zero attached hydrogens (tertiary/aromatic N) is 2. The van der Waals surface area contributed by atoms with Crippen LogP contribution in [0.5, 0.6) is 5.75 Å². The second-order valence-corrected chi connectivity index (χ2v) is 8.56. The lowest BCUT2D eigenvalue weighted by Gasteiger charge is -2.05. The number of carbonyl (C=O) groups excluding carboxylic acids is 1. The summed E-state index contributed by atoms with van der Waals surface area (Å²) in [4.78, 5) is 26.6. The first-order valence-corrected chi connectivity index (χ1v) is 10.2. The number of anilines is 1. The van der Waals surface area contributed by atoms with E-state index in [0.717, 1.165) is 17.6 Å². The third-order valence-electron chi connectivity index (χ3n) is 3.43. The second kappa shape index (κ2) is 7.29. The minimum absolute atomic E-state index is 0.138. The molecule has 1 aromatic heterocycles. The summed E-state index contributed by atoms with van der Waals surface area (Å²) in [6, 6.07) is 10.0. The molecule has 0 atom stereocenters. The van der Waals surface area contributed by atoms with Crippen LogP contribution in [0.4, 0.5) is 10.8 Å². The Morgan fingerprint density at radius 2 is 2.07 bits per heavy atom. The molecule has 11 heteroatoms. The Bertz CT molecular complexity index is 1140. The highest BCUT2D eigenvalue weighted by atomic mass is 32.2. The number of hydrogen-bond donors (Lipinski definition) is 1. The average molecular weight is 407 g/mol. The number of nitrogens with one attached hydrogen (secondary N) is 1. The molecular weight excluding hydrogens is 394 g/mol. The molecule has 1 amide bonds. The van der Waals surface area contributed by atoms with Gasteiger partial charge in [0.1, 0.15) is 5.75 Å². The Morgan fingerprint density at radius 1 is 1.30 bits per heavy atom. The number of ether oxygens (including phenoxy) is 1. The highest BCUT2D eigenvalue weighted by Gasteiger charge is 2.13. The largest absolute Gasteiger partial charge is 0.484 e. The molecule has 2 aromatic carbocycles. The summed E-state index contributed by atoms with van der Waals surface area (Å²) in [7, 11) is -3.33. The van der Waals surface area contributed by atoms with E-state index < -0.39 is 20.7 Å². The molecule has 0 fully saturated rings. The fourth-order valence-corrected chi connectivity index (χ4v) is 3.82. The molecule has 0 saturated heterocycles. The zero-order chi connectivity index (χ0) is 19.6. The van der Waals surface area contributed by atoms with Crippen molar-refractivity contribution in [3.63, 3.8) is 0 Å². The molecule has 27 heavy (non-hydrogen) atoms. The van der Waals surface area contributed by atoms with Crippen molar-refractivity contribution >= 4 is 48.1 Å². The van der Waals surface area contributed by atoms with Gasteiger partial charge in [-0.3, -0.25) is 20.2 Å². The van der Waals surface area contributed by atoms with E-state index in [1.54, 1.807) is 6.07 Å². The standard InChI is InChI=1S/C16H13N3O6S2/c1-27(23,24)12-5-6-13-14(8-12)26-16(17-13)18-15(20)9-25-11-4-2-3-10(7-11)19(21)22/h2-8H,9H2,1H3,(H,17,18,20). The van der Waals surface area contributed by atoms with Crippen LogP contribution in [-0.2, 0) is 14.6 Å². The minimum Gasteiger partial charge on any atom is -0.484 e. The first-order valence-electron chi connectivity index (χ1n) is 7.50. The number of nitro groups is 1. The maximum absolute atomic E-state index is 12.0. The number of carbonyl (C=O) groups is 1. The molecule has 0 radical (unpaired) electrons. The molecule has 0 saturated carbocycles. The highest BCUT2D eigenvalue weighted by molar-refractivity contribution is 7.90. The molecular formula is C16H13N3O6S2. The summed E-state index contributed by atoms with van der Waals surface area (Å²) in [6.45, 7) is -0.355. The van der Waals surface area contributed by atoms with Gasteiger partial charge in [0.2, 0.25) is 0 Å². The summed E-state index contributed by atoms with van der Waals surface area (Å²) in [5, 5.41) is 13.6. The van der Waals surface area contributed by atoms with Crippen molar-refractivity contribution < 1.29 is 22.9 Å².